The van der Waals surface area contributed by atoms with E-state index in [-0.39, 0.29) is 0 Å². The van der Waals surface area contributed by atoms with Gasteiger partial charge in [0.1, 0.15) is 0 Å². The van der Waals surface area contributed by atoms with Crippen molar-refractivity contribution in [2.45, 2.75) is 6.92 Å². The maximum atomic E-state index is 5.27. The zero-order valence-electron chi connectivity index (χ0n) is 8.82. The molecule has 0 N–H and O–H groups in total. The van der Waals surface area contributed by atoms with Crippen LogP contribution in [0.3, 0.4) is 0 Å². The van der Waals surface area contributed by atoms with Crippen molar-refractivity contribution in [3.63, 3.8) is 0 Å². The van der Waals surface area contributed by atoms with Gasteiger partial charge in [-0.25, -0.2) is 4.98 Å². The Kier molecular flexibility index (Phi) is 2.61. The minimum atomic E-state index is 0.596. The number of benzene rings is 1. The van der Waals surface area contributed by atoms with Gasteiger partial charge in [-0.2, -0.15) is 0 Å². The number of hydrogen-bond acceptors (Lipinski definition) is 3. The molecule has 1 aromatic carbocycles. The lowest BCUT2D eigenvalue weighted by Gasteiger charge is -2.10. The SMILES string of the molecule is C#CCN(C)c1nc2ccc(C)cc2s1. The molecule has 2 aromatic rings. The molecular formula is C12H12N2S. The van der Waals surface area contributed by atoms with Crippen molar-refractivity contribution in [1.82, 2.24) is 4.98 Å². The Hall–Kier alpha value is -1.53. The Morgan fingerprint density at radius 1 is 1.53 bits per heavy atom. The Morgan fingerprint density at radius 2 is 2.33 bits per heavy atom. The molecule has 0 atom stereocenters. The van der Waals surface area contributed by atoms with Crippen LogP contribution in [-0.2, 0) is 0 Å². The molecule has 0 saturated carbocycles. The Labute approximate surface area is 93.6 Å². The zero-order chi connectivity index (χ0) is 10.8. The van der Waals surface area contributed by atoms with Crippen LogP contribution in [0.15, 0.2) is 18.2 Å². The summed E-state index contributed by atoms with van der Waals surface area (Å²) in [4.78, 5) is 6.51. The standard InChI is InChI=1S/C12H12N2S/c1-4-7-14(3)12-13-10-6-5-9(2)8-11(10)15-12/h1,5-6,8H,7H2,2-3H3. The molecule has 0 bridgehead atoms. The van der Waals surface area contributed by atoms with E-state index in [1.54, 1.807) is 11.3 Å². The molecule has 15 heavy (non-hydrogen) atoms. The van der Waals surface area contributed by atoms with Gasteiger partial charge in [-0.15, -0.1) is 6.42 Å². The molecule has 1 heterocycles. The molecule has 2 rings (SSSR count). The summed E-state index contributed by atoms with van der Waals surface area (Å²) in [7, 11) is 1.96. The first-order chi connectivity index (χ1) is 7.20. The summed E-state index contributed by atoms with van der Waals surface area (Å²) in [6, 6.07) is 6.28. The molecule has 1 aromatic heterocycles. The lowest BCUT2D eigenvalue weighted by molar-refractivity contribution is 1.04. The molecule has 76 valence electrons. The van der Waals surface area contributed by atoms with E-state index in [1.165, 1.54) is 10.3 Å². The number of thiazole rings is 1. The molecule has 3 heteroatoms. The number of hydrogen-bond donors (Lipinski definition) is 0. The molecule has 0 saturated heterocycles. The minimum Gasteiger partial charge on any atom is -0.340 e. The third kappa shape index (κ3) is 1.95. The summed E-state index contributed by atoms with van der Waals surface area (Å²) in [5.41, 5.74) is 2.31. The topological polar surface area (TPSA) is 16.1 Å². The molecule has 0 aliphatic rings. The van der Waals surface area contributed by atoms with Crippen molar-refractivity contribution in [1.29, 1.82) is 0 Å². The smallest absolute Gasteiger partial charge is 0.186 e. The van der Waals surface area contributed by atoms with Gasteiger partial charge in [0.2, 0.25) is 0 Å². The van der Waals surface area contributed by atoms with Gasteiger partial charge in [0, 0.05) is 7.05 Å². The number of fused-ring (bicyclic) bond motifs is 1. The maximum absolute atomic E-state index is 5.27. The Balaban J connectivity index is 2.43. The monoisotopic (exact) mass is 216 g/mol. The van der Waals surface area contributed by atoms with Crippen molar-refractivity contribution in [2.75, 3.05) is 18.5 Å². The van der Waals surface area contributed by atoms with Gasteiger partial charge in [-0.1, -0.05) is 23.3 Å². The fourth-order valence-electron chi connectivity index (χ4n) is 1.39. The summed E-state index contributed by atoms with van der Waals surface area (Å²) in [5, 5.41) is 0.980. The number of anilines is 1. The van der Waals surface area contributed by atoms with Gasteiger partial charge in [0.05, 0.1) is 16.8 Å². The van der Waals surface area contributed by atoms with Gasteiger partial charge in [-0.05, 0) is 24.6 Å². The van der Waals surface area contributed by atoms with E-state index >= 15 is 0 Å². The molecule has 0 fully saturated rings. The van der Waals surface area contributed by atoms with E-state index in [0.29, 0.717) is 6.54 Å². The molecule has 0 unspecified atom stereocenters. The molecule has 0 aliphatic heterocycles. The van der Waals surface area contributed by atoms with E-state index in [4.69, 9.17) is 6.42 Å². The molecular weight excluding hydrogens is 204 g/mol. The summed E-state index contributed by atoms with van der Waals surface area (Å²) >= 11 is 1.68. The molecule has 0 radical (unpaired) electrons. The second kappa shape index (κ2) is 3.92. The van der Waals surface area contributed by atoms with Crippen LogP contribution in [-0.4, -0.2) is 18.6 Å². The number of aryl methyl sites for hydroxylation is 1. The highest BCUT2D eigenvalue weighted by Crippen LogP contribution is 2.28. The predicted octanol–water partition coefficient (Wildman–Crippen LogP) is 2.67. The molecule has 0 aliphatic carbocycles. The van der Waals surface area contributed by atoms with Crippen molar-refractivity contribution >= 4 is 26.7 Å². The van der Waals surface area contributed by atoms with Gasteiger partial charge in [-0.3, -0.25) is 0 Å². The summed E-state index contributed by atoms with van der Waals surface area (Å²) in [6.45, 7) is 2.68. The highest BCUT2D eigenvalue weighted by atomic mass is 32.1. The normalized spacial score (nSPS) is 10.2. The van der Waals surface area contributed by atoms with Crippen LogP contribution in [0.5, 0.6) is 0 Å². The lowest BCUT2D eigenvalue weighted by Crippen LogP contribution is -2.16. The van der Waals surface area contributed by atoms with Crippen molar-refractivity contribution in [3.05, 3.63) is 23.8 Å². The van der Waals surface area contributed by atoms with Crippen LogP contribution in [0.1, 0.15) is 5.56 Å². The summed E-state index contributed by atoms with van der Waals surface area (Å²) in [5.74, 6) is 2.61. The average Bonchev–Trinajstić information content (AvgIpc) is 2.60. The van der Waals surface area contributed by atoms with Crippen LogP contribution < -0.4 is 4.90 Å². The van der Waals surface area contributed by atoms with Crippen molar-refractivity contribution in [2.24, 2.45) is 0 Å². The third-order valence-corrected chi connectivity index (χ3v) is 3.32. The second-order valence-electron chi connectivity index (χ2n) is 3.53. The summed E-state index contributed by atoms with van der Waals surface area (Å²) in [6.07, 6.45) is 5.27. The number of nitrogens with zero attached hydrogens (tertiary/aromatic N) is 2. The molecule has 0 spiro atoms. The predicted molar refractivity (Wildman–Crippen MR) is 66.5 cm³/mol. The third-order valence-electron chi connectivity index (χ3n) is 2.19. The largest absolute Gasteiger partial charge is 0.340 e. The number of terminal acetylenes is 1. The summed E-state index contributed by atoms with van der Waals surface area (Å²) < 4.78 is 1.22. The average molecular weight is 216 g/mol. The van der Waals surface area contributed by atoms with Crippen molar-refractivity contribution < 1.29 is 0 Å². The second-order valence-corrected chi connectivity index (χ2v) is 4.54. The van der Waals surface area contributed by atoms with Crippen LogP contribution in [0.2, 0.25) is 0 Å². The van der Waals surface area contributed by atoms with E-state index in [9.17, 15) is 0 Å². The number of rotatable bonds is 2. The van der Waals surface area contributed by atoms with Crippen molar-refractivity contribution in [3.8, 4) is 12.3 Å². The lowest BCUT2D eigenvalue weighted by atomic mass is 10.2. The van der Waals surface area contributed by atoms with Gasteiger partial charge < -0.3 is 4.90 Å². The van der Waals surface area contributed by atoms with Crippen LogP contribution in [0, 0.1) is 19.3 Å². The van der Waals surface area contributed by atoms with E-state index in [1.807, 2.05) is 18.0 Å². The number of aromatic nitrogens is 1. The first-order valence-electron chi connectivity index (χ1n) is 4.72. The van der Waals surface area contributed by atoms with E-state index in [0.717, 1.165) is 10.6 Å². The van der Waals surface area contributed by atoms with Crippen LogP contribution >= 0.6 is 11.3 Å². The van der Waals surface area contributed by atoms with Crippen LogP contribution in [0.4, 0.5) is 5.13 Å². The quantitative estimate of drug-likeness (QED) is 0.717. The van der Waals surface area contributed by atoms with Gasteiger partial charge >= 0.3 is 0 Å². The fraction of sp³-hybridized carbons (Fsp3) is 0.250. The highest BCUT2D eigenvalue weighted by molar-refractivity contribution is 7.22. The van der Waals surface area contributed by atoms with Crippen LogP contribution in [0.25, 0.3) is 10.2 Å². The van der Waals surface area contributed by atoms with E-state index < -0.39 is 0 Å². The van der Waals surface area contributed by atoms with Gasteiger partial charge in [0.25, 0.3) is 0 Å². The molecule has 2 nitrogen and oxygen atoms in total. The first-order valence-corrected chi connectivity index (χ1v) is 5.54. The Morgan fingerprint density at radius 3 is 3.07 bits per heavy atom. The zero-order valence-corrected chi connectivity index (χ0v) is 9.64. The maximum Gasteiger partial charge on any atom is 0.186 e. The highest BCUT2D eigenvalue weighted by Gasteiger charge is 2.06. The minimum absolute atomic E-state index is 0.596. The van der Waals surface area contributed by atoms with E-state index in [2.05, 4.69) is 30.0 Å². The van der Waals surface area contributed by atoms with Gasteiger partial charge in [0.15, 0.2) is 5.13 Å². The molecule has 0 amide bonds. The fourth-order valence-corrected chi connectivity index (χ4v) is 2.41. The Bertz CT molecular complexity index is 522. The first kappa shape index (κ1) is 10.0.